The molecule has 0 bridgehead atoms. The highest BCUT2D eigenvalue weighted by molar-refractivity contribution is 5.67. The SMILES string of the molecule is CC1CCCCC1CC12OC13OC(=O)OC31OC1CC2C. The lowest BCUT2D eigenvalue weighted by molar-refractivity contribution is -0.0489. The molecule has 3 saturated heterocycles. The minimum atomic E-state index is -0.948. The molecule has 3 aliphatic heterocycles. The fourth-order valence-electron chi connectivity index (χ4n) is 5.26. The van der Waals surface area contributed by atoms with E-state index in [2.05, 4.69) is 13.8 Å². The van der Waals surface area contributed by atoms with Gasteiger partial charge in [0.1, 0.15) is 11.7 Å². The van der Waals surface area contributed by atoms with E-state index in [-0.39, 0.29) is 11.7 Å². The molecule has 2 saturated carbocycles. The van der Waals surface area contributed by atoms with Gasteiger partial charge in [-0.05, 0) is 30.6 Å². The van der Waals surface area contributed by atoms with Crippen molar-refractivity contribution >= 4 is 6.16 Å². The monoisotopic (exact) mass is 294 g/mol. The van der Waals surface area contributed by atoms with Gasteiger partial charge >= 0.3 is 17.7 Å². The summed E-state index contributed by atoms with van der Waals surface area (Å²) in [6, 6.07) is 0. The standard InChI is InChI=1S/C16H22O5/c1-9-5-3-4-6-11(9)8-14-10(2)7-12-15(18-12)16(14,21-14)20-13(17)19-15/h9-12H,3-8H2,1-2H3. The molecular formula is C16H22O5. The van der Waals surface area contributed by atoms with E-state index in [1.165, 1.54) is 25.7 Å². The number of epoxide rings is 2. The molecule has 0 aromatic heterocycles. The highest BCUT2D eigenvalue weighted by atomic mass is 17.0. The molecule has 5 nitrogen and oxygen atoms in total. The fourth-order valence-corrected chi connectivity index (χ4v) is 5.26. The predicted molar refractivity (Wildman–Crippen MR) is 71.2 cm³/mol. The zero-order chi connectivity index (χ0) is 14.5. The summed E-state index contributed by atoms with van der Waals surface area (Å²) in [6.07, 6.45) is 6.35. The van der Waals surface area contributed by atoms with Crippen molar-refractivity contribution in [1.82, 2.24) is 0 Å². The maximum atomic E-state index is 11.7. The first-order chi connectivity index (χ1) is 10.0. The number of carbonyl (C=O) groups excluding carboxylic acids is 1. The zero-order valence-corrected chi connectivity index (χ0v) is 12.6. The Labute approximate surface area is 124 Å². The van der Waals surface area contributed by atoms with Crippen LogP contribution >= 0.6 is 0 Å². The third-order valence-electron chi connectivity index (χ3n) is 6.66. The van der Waals surface area contributed by atoms with E-state index in [0.29, 0.717) is 17.8 Å². The van der Waals surface area contributed by atoms with E-state index in [4.69, 9.17) is 18.9 Å². The third-order valence-corrected chi connectivity index (χ3v) is 6.66. The quantitative estimate of drug-likeness (QED) is 0.579. The Hall–Kier alpha value is -0.810. The second kappa shape index (κ2) is 3.57. The summed E-state index contributed by atoms with van der Waals surface area (Å²) in [7, 11) is 0. The van der Waals surface area contributed by atoms with Crippen molar-refractivity contribution in [2.75, 3.05) is 0 Å². The Morgan fingerprint density at radius 2 is 2.00 bits per heavy atom. The molecule has 116 valence electrons. The third kappa shape index (κ3) is 1.29. The summed E-state index contributed by atoms with van der Waals surface area (Å²) in [5.74, 6) is -0.173. The van der Waals surface area contributed by atoms with E-state index in [1.807, 2.05) is 0 Å². The van der Waals surface area contributed by atoms with Crippen LogP contribution in [-0.4, -0.2) is 29.4 Å². The molecule has 3 heterocycles. The Morgan fingerprint density at radius 3 is 2.81 bits per heavy atom. The molecule has 0 radical (unpaired) electrons. The van der Waals surface area contributed by atoms with Crippen LogP contribution in [0.5, 0.6) is 0 Å². The topological polar surface area (TPSA) is 60.6 Å². The van der Waals surface area contributed by atoms with Gasteiger partial charge in [0.05, 0.1) is 0 Å². The van der Waals surface area contributed by atoms with E-state index >= 15 is 0 Å². The van der Waals surface area contributed by atoms with Crippen LogP contribution in [0.4, 0.5) is 4.79 Å². The number of carbonyl (C=O) groups is 1. The molecule has 2 aliphatic carbocycles. The number of rotatable bonds is 2. The lowest BCUT2D eigenvalue weighted by Crippen LogP contribution is -2.48. The maximum Gasteiger partial charge on any atom is 0.514 e. The smallest absolute Gasteiger partial charge is 0.391 e. The first-order valence-corrected chi connectivity index (χ1v) is 8.33. The summed E-state index contributed by atoms with van der Waals surface area (Å²) in [4.78, 5) is 11.7. The Kier molecular flexibility index (Phi) is 2.16. The Morgan fingerprint density at radius 1 is 1.19 bits per heavy atom. The molecule has 0 amide bonds. The van der Waals surface area contributed by atoms with E-state index < -0.39 is 17.7 Å². The molecule has 2 spiro atoms. The molecule has 7 unspecified atom stereocenters. The van der Waals surface area contributed by atoms with Crippen molar-refractivity contribution in [2.24, 2.45) is 17.8 Å². The first-order valence-electron chi connectivity index (χ1n) is 8.33. The molecule has 5 aliphatic rings. The van der Waals surface area contributed by atoms with Gasteiger partial charge in [0.2, 0.25) is 0 Å². The first kappa shape index (κ1) is 12.7. The summed E-state index contributed by atoms with van der Waals surface area (Å²) in [5, 5.41) is 0. The van der Waals surface area contributed by atoms with Crippen molar-refractivity contribution in [3.63, 3.8) is 0 Å². The Balaban J connectivity index is 1.47. The molecular weight excluding hydrogens is 272 g/mol. The summed E-state index contributed by atoms with van der Waals surface area (Å²) < 4.78 is 22.8. The van der Waals surface area contributed by atoms with Crippen molar-refractivity contribution in [3.8, 4) is 0 Å². The zero-order valence-electron chi connectivity index (χ0n) is 12.6. The van der Waals surface area contributed by atoms with Gasteiger partial charge in [0, 0.05) is 0 Å². The Bertz CT molecular complexity index is 521. The lowest BCUT2D eigenvalue weighted by atomic mass is 9.68. The second-order valence-electron chi connectivity index (χ2n) is 7.70. The number of ether oxygens (including phenoxy) is 4. The van der Waals surface area contributed by atoms with Gasteiger partial charge in [0.25, 0.3) is 0 Å². The highest BCUT2D eigenvalue weighted by Crippen LogP contribution is 2.76. The molecule has 5 fully saturated rings. The average Bonchev–Trinajstić information content (AvgIpc) is 3.26. The molecule has 0 aromatic rings. The van der Waals surface area contributed by atoms with Crippen LogP contribution < -0.4 is 0 Å². The highest BCUT2D eigenvalue weighted by Gasteiger charge is 2.99. The maximum absolute atomic E-state index is 11.7. The molecule has 0 N–H and O–H groups in total. The fraction of sp³-hybridized carbons (Fsp3) is 0.938. The second-order valence-corrected chi connectivity index (χ2v) is 7.70. The van der Waals surface area contributed by atoms with Crippen LogP contribution in [0.15, 0.2) is 0 Å². The van der Waals surface area contributed by atoms with Crippen LogP contribution in [0, 0.1) is 17.8 Å². The van der Waals surface area contributed by atoms with Crippen molar-refractivity contribution in [2.45, 2.75) is 75.7 Å². The van der Waals surface area contributed by atoms with Crippen LogP contribution in [0.1, 0.15) is 52.4 Å². The van der Waals surface area contributed by atoms with Crippen LogP contribution in [0.25, 0.3) is 0 Å². The van der Waals surface area contributed by atoms with Gasteiger partial charge in [-0.25, -0.2) is 4.79 Å². The minimum absolute atomic E-state index is 0.0432. The van der Waals surface area contributed by atoms with Crippen molar-refractivity contribution < 1.29 is 23.7 Å². The molecule has 5 heteroatoms. The predicted octanol–water partition coefficient (Wildman–Crippen LogP) is 2.97. The van der Waals surface area contributed by atoms with E-state index in [9.17, 15) is 4.79 Å². The van der Waals surface area contributed by atoms with Gasteiger partial charge < -0.3 is 18.9 Å². The van der Waals surface area contributed by atoms with Crippen molar-refractivity contribution in [3.05, 3.63) is 0 Å². The number of hydrogen-bond donors (Lipinski definition) is 0. The summed E-state index contributed by atoms with van der Waals surface area (Å²) in [6.45, 7) is 4.53. The van der Waals surface area contributed by atoms with Gasteiger partial charge in [-0.3, -0.25) is 0 Å². The number of hydrogen-bond acceptors (Lipinski definition) is 5. The minimum Gasteiger partial charge on any atom is -0.391 e. The normalized spacial score (nSPS) is 60.2. The van der Waals surface area contributed by atoms with Gasteiger partial charge in [-0.1, -0.05) is 39.5 Å². The molecule has 0 aromatic carbocycles. The van der Waals surface area contributed by atoms with E-state index in [0.717, 1.165) is 12.8 Å². The summed E-state index contributed by atoms with van der Waals surface area (Å²) in [5.41, 5.74) is -0.386. The average molecular weight is 294 g/mol. The van der Waals surface area contributed by atoms with Gasteiger partial charge in [-0.2, -0.15) is 0 Å². The van der Waals surface area contributed by atoms with Crippen LogP contribution in [-0.2, 0) is 18.9 Å². The molecule has 7 atom stereocenters. The molecule has 21 heavy (non-hydrogen) atoms. The van der Waals surface area contributed by atoms with Gasteiger partial charge in [0.15, 0.2) is 0 Å². The summed E-state index contributed by atoms with van der Waals surface area (Å²) >= 11 is 0. The lowest BCUT2D eigenvalue weighted by Gasteiger charge is -2.34. The van der Waals surface area contributed by atoms with Gasteiger partial charge in [-0.15, -0.1) is 0 Å². The van der Waals surface area contributed by atoms with Crippen LogP contribution in [0.3, 0.4) is 0 Å². The van der Waals surface area contributed by atoms with Crippen molar-refractivity contribution in [1.29, 1.82) is 0 Å². The van der Waals surface area contributed by atoms with E-state index in [1.54, 1.807) is 0 Å². The van der Waals surface area contributed by atoms with Crippen LogP contribution in [0.2, 0.25) is 0 Å². The largest absolute Gasteiger partial charge is 0.514 e. The molecule has 5 rings (SSSR count).